The maximum absolute atomic E-state index is 12.2. The summed E-state index contributed by atoms with van der Waals surface area (Å²) < 4.78 is 0. The van der Waals surface area contributed by atoms with E-state index in [1.54, 1.807) is 6.92 Å². The number of carbonyl (C=O) groups is 7. The second-order valence-electron chi connectivity index (χ2n) is 11.9. The highest BCUT2D eigenvalue weighted by Crippen LogP contribution is 2.11. The van der Waals surface area contributed by atoms with Gasteiger partial charge in [-0.05, 0) is 44.9 Å². The molecule has 0 bridgehead atoms. The number of nitrogens with two attached hydrogens (primary N) is 1. The quantitative estimate of drug-likeness (QED) is 0.0578. The van der Waals surface area contributed by atoms with Gasteiger partial charge in [0.25, 0.3) is 0 Å². The summed E-state index contributed by atoms with van der Waals surface area (Å²) in [6.07, 6.45) is 11.3. The molecule has 0 aromatic rings. The van der Waals surface area contributed by atoms with Crippen molar-refractivity contribution < 1.29 is 43.8 Å². The predicted octanol–water partition coefficient (Wildman–Crippen LogP) is 2.85. The van der Waals surface area contributed by atoms with Gasteiger partial charge < -0.3 is 42.5 Å². The molecule has 0 aliphatic carbocycles. The number of hydrogen-bond donors (Lipinski definition) is 8. The molecule has 9 N–H and O–H groups in total. The van der Waals surface area contributed by atoms with E-state index in [9.17, 15) is 33.6 Å². The molecule has 0 heterocycles. The van der Waals surface area contributed by atoms with E-state index in [1.807, 2.05) is 6.92 Å². The van der Waals surface area contributed by atoms with Crippen molar-refractivity contribution in [1.82, 2.24) is 26.6 Å². The molecule has 0 spiro atoms. The van der Waals surface area contributed by atoms with Gasteiger partial charge in [0.05, 0.1) is 25.6 Å². The number of aliphatic carboxylic acids is 2. The first-order valence-electron chi connectivity index (χ1n) is 18.3. The Morgan fingerprint density at radius 3 is 1.32 bits per heavy atom. The van der Waals surface area contributed by atoms with Crippen LogP contribution in [-0.4, -0.2) is 91.0 Å². The molecule has 0 aliphatic heterocycles. The van der Waals surface area contributed by atoms with Gasteiger partial charge >= 0.3 is 11.9 Å². The average molecular weight is 717 g/mol. The van der Waals surface area contributed by atoms with Crippen molar-refractivity contribution in [2.45, 2.75) is 131 Å². The maximum Gasteiger partial charge on any atom is 0.306 e. The molecule has 0 aromatic carbocycles. The molecule has 15 heteroatoms. The van der Waals surface area contributed by atoms with Crippen LogP contribution in [0.25, 0.3) is 0 Å². The fourth-order valence-corrected chi connectivity index (χ4v) is 4.21. The Morgan fingerprint density at radius 1 is 0.520 bits per heavy atom. The van der Waals surface area contributed by atoms with E-state index in [1.165, 1.54) is 12.8 Å². The van der Waals surface area contributed by atoms with Crippen LogP contribution in [0.15, 0.2) is 0 Å². The summed E-state index contributed by atoms with van der Waals surface area (Å²) in [5, 5.41) is 30.2. The SMILES string of the molecule is CCC(CCC(=O)O)C(=O)O.CCCCCNC(=O)CN.CCCCCNC(=O)CNC(=O)CCC(CC)C(=O)NCC(=O)NCCCCC. The highest BCUT2D eigenvalue weighted by atomic mass is 16.4. The number of amides is 5. The molecule has 0 fully saturated rings. The first-order valence-corrected chi connectivity index (χ1v) is 18.3. The van der Waals surface area contributed by atoms with E-state index >= 15 is 0 Å². The van der Waals surface area contributed by atoms with E-state index < -0.39 is 17.9 Å². The van der Waals surface area contributed by atoms with E-state index in [4.69, 9.17) is 15.9 Å². The van der Waals surface area contributed by atoms with E-state index in [-0.39, 0.29) is 74.4 Å². The summed E-state index contributed by atoms with van der Waals surface area (Å²) in [5.41, 5.74) is 5.07. The number of carboxylic acids is 2. The molecule has 0 saturated heterocycles. The van der Waals surface area contributed by atoms with Crippen molar-refractivity contribution >= 4 is 41.5 Å². The standard InChI is InChI=1S/C21H40N4O4.C7H16N2O.C7H12O4/c1-4-7-9-13-22-19(27)15-24-18(26)12-11-17(6-3)21(29)25-16-20(28)23-14-10-8-5-2;1-2-3-4-5-9-7(10)6-8;1-2-5(7(10)11)3-4-6(8)9/h17H,4-16H2,1-3H3,(H,22,27)(H,23,28)(H,24,26)(H,25,29);2-6,8H2,1H3,(H,9,10);5H,2-4H2,1H3,(H,8,9)(H,10,11). The molecule has 50 heavy (non-hydrogen) atoms. The van der Waals surface area contributed by atoms with Gasteiger partial charge in [-0.15, -0.1) is 0 Å². The summed E-state index contributed by atoms with van der Waals surface area (Å²) in [6, 6.07) is 0. The Balaban J connectivity index is -0.000000853. The molecule has 0 radical (unpaired) electrons. The van der Waals surface area contributed by atoms with Gasteiger partial charge in [0.15, 0.2) is 0 Å². The second-order valence-corrected chi connectivity index (χ2v) is 11.9. The van der Waals surface area contributed by atoms with Crippen LogP contribution < -0.4 is 32.3 Å². The van der Waals surface area contributed by atoms with Gasteiger partial charge in [0.1, 0.15) is 0 Å². The zero-order chi connectivity index (χ0) is 38.6. The number of rotatable bonds is 27. The second kappa shape index (κ2) is 36.5. The van der Waals surface area contributed by atoms with Gasteiger partial charge in [-0.25, -0.2) is 0 Å². The third kappa shape index (κ3) is 35.6. The van der Waals surface area contributed by atoms with Crippen LogP contribution in [0.2, 0.25) is 0 Å². The number of carbonyl (C=O) groups excluding carboxylic acids is 5. The molecule has 0 aliphatic rings. The first kappa shape index (κ1) is 50.6. The summed E-state index contributed by atoms with van der Waals surface area (Å²) in [4.78, 5) is 78.4. The van der Waals surface area contributed by atoms with Crippen LogP contribution in [0.1, 0.15) is 131 Å². The van der Waals surface area contributed by atoms with Gasteiger partial charge in [0.2, 0.25) is 29.5 Å². The van der Waals surface area contributed by atoms with E-state index in [2.05, 4.69) is 47.4 Å². The van der Waals surface area contributed by atoms with Crippen molar-refractivity contribution in [3.05, 3.63) is 0 Å². The summed E-state index contributed by atoms with van der Waals surface area (Å²) in [5.74, 6) is -3.64. The predicted molar refractivity (Wildman–Crippen MR) is 194 cm³/mol. The van der Waals surface area contributed by atoms with Crippen molar-refractivity contribution in [1.29, 1.82) is 0 Å². The summed E-state index contributed by atoms with van der Waals surface area (Å²) >= 11 is 0. The molecule has 0 rings (SSSR count). The lowest BCUT2D eigenvalue weighted by atomic mass is 9.99. The first-order chi connectivity index (χ1) is 23.8. The summed E-state index contributed by atoms with van der Waals surface area (Å²) in [6.45, 7) is 11.9. The highest BCUT2D eigenvalue weighted by molar-refractivity contribution is 5.87. The van der Waals surface area contributed by atoms with Gasteiger partial charge in [-0.1, -0.05) is 73.1 Å². The normalized spacial score (nSPS) is 11.2. The topological polar surface area (TPSA) is 246 Å². The molecular formula is C35H68N6O9. The molecule has 0 aromatic heterocycles. The van der Waals surface area contributed by atoms with Crippen molar-refractivity contribution in [2.75, 3.05) is 39.3 Å². The summed E-state index contributed by atoms with van der Waals surface area (Å²) in [7, 11) is 0. The Hall–Kier alpha value is -3.75. The Bertz CT molecular complexity index is 950. The fraction of sp³-hybridized carbons (Fsp3) is 0.800. The van der Waals surface area contributed by atoms with Crippen LogP contribution in [0.5, 0.6) is 0 Å². The zero-order valence-corrected chi connectivity index (χ0v) is 31.3. The lowest BCUT2D eigenvalue weighted by Gasteiger charge is -2.15. The molecule has 15 nitrogen and oxygen atoms in total. The van der Waals surface area contributed by atoms with Gasteiger partial charge in [-0.2, -0.15) is 0 Å². The van der Waals surface area contributed by atoms with Gasteiger partial charge in [-0.3, -0.25) is 33.6 Å². The smallest absolute Gasteiger partial charge is 0.306 e. The Labute approximate surface area is 299 Å². The Kier molecular flexibility index (Phi) is 37.0. The molecule has 292 valence electrons. The minimum Gasteiger partial charge on any atom is -0.481 e. The monoisotopic (exact) mass is 717 g/mol. The van der Waals surface area contributed by atoms with Crippen LogP contribution in [0, 0.1) is 11.8 Å². The van der Waals surface area contributed by atoms with E-state index in [0.29, 0.717) is 32.4 Å². The third-order valence-corrected chi connectivity index (χ3v) is 7.49. The zero-order valence-electron chi connectivity index (χ0n) is 31.3. The number of nitrogens with one attached hydrogen (secondary N) is 5. The average Bonchev–Trinajstić information content (AvgIpc) is 3.09. The minimum atomic E-state index is -0.940. The number of hydrogen-bond acceptors (Lipinski definition) is 8. The molecule has 5 amide bonds. The van der Waals surface area contributed by atoms with Crippen LogP contribution in [-0.2, 0) is 33.6 Å². The Morgan fingerprint density at radius 2 is 0.940 bits per heavy atom. The van der Waals surface area contributed by atoms with Crippen molar-refractivity contribution in [3.63, 3.8) is 0 Å². The molecule has 0 saturated carbocycles. The largest absolute Gasteiger partial charge is 0.481 e. The van der Waals surface area contributed by atoms with Crippen LogP contribution in [0.4, 0.5) is 0 Å². The lowest BCUT2D eigenvalue weighted by Crippen LogP contribution is -2.40. The number of unbranched alkanes of at least 4 members (excludes halogenated alkanes) is 6. The fourth-order valence-electron chi connectivity index (χ4n) is 4.21. The maximum atomic E-state index is 12.2. The molecule has 2 atom stereocenters. The van der Waals surface area contributed by atoms with Gasteiger partial charge in [0, 0.05) is 38.4 Å². The van der Waals surface area contributed by atoms with Crippen LogP contribution in [0.3, 0.4) is 0 Å². The molecular weight excluding hydrogens is 648 g/mol. The minimum absolute atomic E-state index is 0.0495. The van der Waals surface area contributed by atoms with E-state index in [0.717, 1.165) is 51.5 Å². The molecule has 2 unspecified atom stereocenters. The highest BCUT2D eigenvalue weighted by Gasteiger charge is 2.19. The lowest BCUT2D eigenvalue weighted by molar-refractivity contribution is -0.143. The number of carboxylic acid groups (broad SMARTS) is 2. The van der Waals surface area contributed by atoms with Crippen molar-refractivity contribution in [3.8, 4) is 0 Å². The third-order valence-electron chi connectivity index (χ3n) is 7.49. The van der Waals surface area contributed by atoms with Crippen LogP contribution >= 0.6 is 0 Å². The van der Waals surface area contributed by atoms with Crippen molar-refractivity contribution in [2.24, 2.45) is 17.6 Å².